The molecule has 0 bridgehead atoms. The number of hydrogen-bond acceptors (Lipinski definition) is 4. The summed E-state index contributed by atoms with van der Waals surface area (Å²) in [5.74, 6) is -1.90. The van der Waals surface area contributed by atoms with Gasteiger partial charge in [-0.3, -0.25) is 14.6 Å². The Morgan fingerprint density at radius 1 is 1.10 bits per heavy atom. The van der Waals surface area contributed by atoms with Crippen molar-refractivity contribution in [2.24, 2.45) is 0 Å². The Balaban J connectivity index is 1.61. The first-order valence-corrected chi connectivity index (χ1v) is 10.2. The molecule has 3 N–H and O–H groups in total. The molecule has 0 unspecified atom stereocenters. The summed E-state index contributed by atoms with van der Waals surface area (Å²) in [5, 5.41) is 5.98. The summed E-state index contributed by atoms with van der Waals surface area (Å²) >= 11 is 0. The highest BCUT2D eigenvalue weighted by molar-refractivity contribution is 6.07. The maximum atomic E-state index is 13.8. The van der Waals surface area contributed by atoms with Crippen LogP contribution in [0.5, 0.6) is 0 Å². The van der Waals surface area contributed by atoms with E-state index in [1.54, 1.807) is 6.20 Å². The first-order chi connectivity index (χ1) is 15.0. The van der Waals surface area contributed by atoms with Crippen LogP contribution in [0.4, 0.5) is 20.2 Å². The van der Waals surface area contributed by atoms with Crippen LogP contribution in [0.3, 0.4) is 0 Å². The van der Waals surface area contributed by atoms with Gasteiger partial charge in [-0.1, -0.05) is 0 Å². The molecular weight excluding hydrogens is 402 g/mol. The molecule has 3 aromatic rings. The third kappa shape index (κ3) is 3.37. The summed E-state index contributed by atoms with van der Waals surface area (Å²) in [7, 11) is 0. The number of aromatic nitrogens is 2. The molecule has 8 heteroatoms. The molecule has 2 aromatic heterocycles. The van der Waals surface area contributed by atoms with E-state index in [0.29, 0.717) is 35.5 Å². The molecule has 0 spiro atoms. The number of fused-ring (bicyclic) bond motifs is 1. The highest BCUT2D eigenvalue weighted by Gasteiger charge is 2.45. The van der Waals surface area contributed by atoms with Gasteiger partial charge in [0, 0.05) is 35.6 Å². The number of hydrogen-bond donors (Lipinski definition) is 3. The fraction of sp³-hybridized carbons (Fsp3) is 0.261. The zero-order valence-corrected chi connectivity index (χ0v) is 16.6. The zero-order chi connectivity index (χ0) is 21.6. The van der Waals surface area contributed by atoms with E-state index in [9.17, 15) is 18.4 Å². The number of aromatic amines is 1. The Hall–Kier alpha value is -3.55. The number of H-pyrrole nitrogens is 1. The number of aryl methyl sites for hydroxylation is 1. The van der Waals surface area contributed by atoms with Crippen molar-refractivity contribution in [3.05, 3.63) is 65.1 Å². The average Bonchev–Trinajstić information content (AvgIpc) is 3.46. The molecule has 2 heterocycles. The minimum Gasteiger partial charge on any atom is -0.356 e. The highest BCUT2D eigenvalue weighted by atomic mass is 19.2. The topological polar surface area (TPSA) is 86.9 Å². The lowest BCUT2D eigenvalue weighted by Crippen LogP contribution is -2.28. The van der Waals surface area contributed by atoms with Crippen LogP contribution >= 0.6 is 0 Å². The van der Waals surface area contributed by atoms with Gasteiger partial charge in [0.1, 0.15) is 0 Å². The number of nitrogens with one attached hydrogen (secondary N) is 3. The standard InChI is InChI=1S/C23H20F2N4O2/c24-15-5-4-14(11-16(15)25)28-22-20-17(2-1-3-18(20)31)29-21(22)13-6-9-26-19(10-13)23(7-8-23)27-12-30/h4-6,9-12,28-29H,1-3,7-8H2,(H,27,30). The van der Waals surface area contributed by atoms with Crippen molar-refractivity contribution in [2.75, 3.05) is 5.32 Å². The van der Waals surface area contributed by atoms with Crippen molar-refractivity contribution in [3.63, 3.8) is 0 Å². The molecule has 1 amide bonds. The van der Waals surface area contributed by atoms with Crippen LogP contribution < -0.4 is 10.6 Å². The first-order valence-electron chi connectivity index (χ1n) is 10.2. The predicted molar refractivity (Wildman–Crippen MR) is 111 cm³/mol. The van der Waals surface area contributed by atoms with E-state index in [4.69, 9.17) is 0 Å². The lowest BCUT2D eigenvalue weighted by molar-refractivity contribution is -0.110. The number of carbonyl (C=O) groups excluding carboxylic acids is 2. The Morgan fingerprint density at radius 3 is 2.68 bits per heavy atom. The van der Waals surface area contributed by atoms with E-state index in [1.165, 1.54) is 6.07 Å². The molecule has 2 aliphatic rings. The number of amides is 1. The van der Waals surface area contributed by atoms with E-state index >= 15 is 0 Å². The van der Waals surface area contributed by atoms with Gasteiger partial charge in [0.15, 0.2) is 17.4 Å². The molecule has 2 aliphatic carbocycles. The van der Waals surface area contributed by atoms with Gasteiger partial charge in [-0.15, -0.1) is 0 Å². The molecule has 0 aliphatic heterocycles. The van der Waals surface area contributed by atoms with Gasteiger partial charge in [-0.2, -0.15) is 0 Å². The number of pyridine rings is 1. The van der Waals surface area contributed by atoms with Crippen LogP contribution in [0.2, 0.25) is 0 Å². The Bertz CT molecular complexity index is 1200. The molecule has 5 rings (SSSR count). The third-order valence-corrected chi connectivity index (χ3v) is 6.00. The second-order valence-electron chi connectivity index (χ2n) is 8.03. The zero-order valence-electron chi connectivity index (χ0n) is 16.6. The lowest BCUT2D eigenvalue weighted by atomic mass is 9.94. The number of ketones is 1. The van der Waals surface area contributed by atoms with Crippen LogP contribution in [0, 0.1) is 11.6 Å². The van der Waals surface area contributed by atoms with Gasteiger partial charge in [0.05, 0.1) is 28.2 Å². The van der Waals surface area contributed by atoms with Crippen LogP contribution in [0.15, 0.2) is 36.5 Å². The highest BCUT2D eigenvalue weighted by Crippen LogP contribution is 2.46. The maximum Gasteiger partial charge on any atom is 0.207 e. The summed E-state index contributed by atoms with van der Waals surface area (Å²) in [6, 6.07) is 7.25. The number of benzene rings is 1. The quantitative estimate of drug-likeness (QED) is 0.516. The third-order valence-electron chi connectivity index (χ3n) is 6.00. The predicted octanol–water partition coefficient (Wildman–Crippen LogP) is 4.35. The van der Waals surface area contributed by atoms with E-state index < -0.39 is 17.2 Å². The number of anilines is 2. The summed E-state index contributed by atoms with van der Waals surface area (Å²) in [4.78, 5) is 31.5. The molecule has 1 fully saturated rings. The smallest absolute Gasteiger partial charge is 0.207 e. The fourth-order valence-electron chi connectivity index (χ4n) is 4.22. The van der Waals surface area contributed by atoms with Crippen molar-refractivity contribution in [3.8, 4) is 11.3 Å². The number of rotatable bonds is 6. The van der Waals surface area contributed by atoms with Gasteiger partial charge >= 0.3 is 0 Å². The summed E-state index contributed by atoms with van der Waals surface area (Å²) in [5.41, 5.74) is 4.01. The average molecular weight is 422 g/mol. The molecular formula is C23H20F2N4O2. The molecule has 0 atom stereocenters. The normalized spacial score (nSPS) is 16.5. The Kier molecular flexibility index (Phi) is 4.57. The monoisotopic (exact) mass is 422 g/mol. The van der Waals surface area contributed by atoms with Crippen molar-refractivity contribution in [1.82, 2.24) is 15.3 Å². The number of Topliss-reactive ketones (excluding diaryl/α,β-unsaturated/α-hetero) is 1. The van der Waals surface area contributed by atoms with Crippen molar-refractivity contribution in [2.45, 2.75) is 37.6 Å². The first kappa shape index (κ1) is 19.4. The van der Waals surface area contributed by atoms with Gasteiger partial charge in [-0.25, -0.2) is 8.78 Å². The minimum absolute atomic E-state index is 0.00407. The number of halogens is 2. The molecule has 0 saturated heterocycles. The second kappa shape index (κ2) is 7.30. The molecule has 1 aromatic carbocycles. The van der Waals surface area contributed by atoms with Crippen LogP contribution in [0.25, 0.3) is 11.3 Å². The van der Waals surface area contributed by atoms with E-state index in [0.717, 1.165) is 54.8 Å². The molecule has 1 saturated carbocycles. The molecule has 158 valence electrons. The largest absolute Gasteiger partial charge is 0.356 e. The fourth-order valence-corrected chi connectivity index (χ4v) is 4.22. The van der Waals surface area contributed by atoms with Gasteiger partial charge in [0.25, 0.3) is 0 Å². The summed E-state index contributed by atoms with van der Waals surface area (Å²) in [6.07, 6.45) is 5.88. The van der Waals surface area contributed by atoms with Crippen LogP contribution in [-0.2, 0) is 16.8 Å². The van der Waals surface area contributed by atoms with Gasteiger partial charge in [-0.05, 0) is 49.9 Å². The maximum absolute atomic E-state index is 13.8. The summed E-state index contributed by atoms with van der Waals surface area (Å²) in [6.45, 7) is 0. The van der Waals surface area contributed by atoms with Crippen molar-refractivity contribution < 1.29 is 18.4 Å². The van der Waals surface area contributed by atoms with Gasteiger partial charge in [0.2, 0.25) is 6.41 Å². The second-order valence-corrected chi connectivity index (χ2v) is 8.03. The van der Waals surface area contributed by atoms with Crippen LogP contribution in [0.1, 0.15) is 47.4 Å². The number of nitrogens with zero attached hydrogens (tertiary/aromatic N) is 1. The lowest BCUT2D eigenvalue weighted by Gasteiger charge is -2.16. The van der Waals surface area contributed by atoms with Crippen molar-refractivity contribution in [1.29, 1.82) is 0 Å². The number of carbonyl (C=O) groups is 2. The van der Waals surface area contributed by atoms with Crippen LogP contribution in [-0.4, -0.2) is 22.2 Å². The molecule has 31 heavy (non-hydrogen) atoms. The van der Waals surface area contributed by atoms with E-state index in [-0.39, 0.29) is 5.78 Å². The van der Waals surface area contributed by atoms with Crippen molar-refractivity contribution >= 4 is 23.6 Å². The van der Waals surface area contributed by atoms with E-state index in [2.05, 4.69) is 20.6 Å². The molecule has 6 nitrogen and oxygen atoms in total. The van der Waals surface area contributed by atoms with E-state index in [1.807, 2.05) is 12.1 Å². The Morgan fingerprint density at radius 2 is 1.94 bits per heavy atom. The molecule has 0 radical (unpaired) electrons. The minimum atomic E-state index is -0.968. The SMILES string of the molecule is O=CNC1(c2cc(-c3[nH]c4c(c3Nc3ccc(F)c(F)c3)C(=O)CCC4)ccn2)CC1. The Labute approximate surface area is 177 Å². The summed E-state index contributed by atoms with van der Waals surface area (Å²) < 4.78 is 27.2. The van der Waals surface area contributed by atoms with Gasteiger partial charge < -0.3 is 15.6 Å².